The SMILES string of the molecule is CCOc1ccc(N(CC(=O)N(Cc2ccc(Cl)c(Cl)c2)[C@@H](CC)C(=O)NC(C)(C)C)S(=O)(=O)c2ccc(OC)c(OC)c2)cc1. The highest BCUT2D eigenvalue weighted by molar-refractivity contribution is 7.92. The van der Waals surface area contributed by atoms with E-state index < -0.39 is 34.1 Å². The highest BCUT2D eigenvalue weighted by Gasteiger charge is 2.35. The van der Waals surface area contributed by atoms with Gasteiger partial charge in [-0.3, -0.25) is 13.9 Å². The first-order valence-electron chi connectivity index (χ1n) is 14.7. The van der Waals surface area contributed by atoms with Crippen LogP contribution in [0.25, 0.3) is 0 Å². The molecule has 0 fully saturated rings. The van der Waals surface area contributed by atoms with Gasteiger partial charge in [0.15, 0.2) is 11.5 Å². The van der Waals surface area contributed by atoms with Gasteiger partial charge in [0, 0.05) is 18.2 Å². The summed E-state index contributed by atoms with van der Waals surface area (Å²) >= 11 is 12.4. The summed E-state index contributed by atoms with van der Waals surface area (Å²) in [6.45, 7) is 8.91. The van der Waals surface area contributed by atoms with Gasteiger partial charge < -0.3 is 24.4 Å². The van der Waals surface area contributed by atoms with Gasteiger partial charge in [-0.2, -0.15) is 0 Å². The monoisotopic (exact) mass is 693 g/mol. The Morgan fingerprint density at radius 1 is 0.891 bits per heavy atom. The molecule has 1 atom stereocenters. The molecule has 0 aliphatic rings. The topological polar surface area (TPSA) is 114 Å². The average Bonchev–Trinajstić information content (AvgIpc) is 3.00. The molecule has 3 rings (SSSR count). The highest BCUT2D eigenvalue weighted by Crippen LogP contribution is 2.33. The normalized spacial score (nSPS) is 12.2. The van der Waals surface area contributed by atoms with Crippen LogP contribution < -0.4 is 23.8 Å². The van der Waals surface area contributed by atoms with Crippen LogP contribution in [-0.4, -0.2) is 64.1 Å². The van der Waals surface area contributed by atoms with Gasteiger partial charge in [0.2, 0.25) is 11.8 Å². The summed E-state index contributed by atoms with van der Waals surface area (Å²) in [5.41, 5.74) is 0.252. The smallest absolute Gasteiger partial charge is 0.264 e. The molecule has 10 nitrogen and oxygen atoms in total. The standard InChI is InChI=1S/C33H41Cl2N3O7S/c1-8-28(32(40)36-33(3,4)5)37(20-22-10-16-26(34)27(35)18-22)31(39)21-38(23-11-13-24(14-12-23)45-9-2)46(41,42)25-15-17-29(43-6)30(19-25)44-7/h10-19,28H,8-9,20-21H2,1-7H3,(H,36,40)/t28-/m0/s1. The van der Waals surface area contributed by atoms with Crippen LogP contribution in [0.2, 0.25) is 10.0 Å². The number of nitrogens with zero attached hydrogens (tertiary/aromatic N) is 2. The Bertz CT molecular complexity index is 1630. The molecule has 0 radical (unpaired) electrons. The number of nitrogens with one attached hydrogen (secondary N) is 1. The molecule has 0 aromatic heterocycles. The van der Waals surface area contributed by atoms with E-state index in [2.05, 4.69) is 5.32 Å². The molecule has 1 N–H and O–H groups in total. The maximum Gasteiger partial charge on any atom is 0.264 e. The molecule has 2 amide bonds. The van der Waals surface area contributed by atoms with Crippen molar-refractivity contribution in [3.8, 4) is 17.2 Å². The summed E-state index contributed by atoms with van der Waals surface area (Å²) in [7, 11) is -1.52. The molecule has 0 aliphatic heterocycles. The van der Waals surface area contributed by atoms with Crippen molar-refractivity contribution in [3.05, 3.63) is 76.3 Å². The molecule has 0 saturated carbocycles. The van der Waals surface area contributed by atoms with Crippen LogP contribution in [-0.2, 0) is 26.2 Å². The second kappa shape index (κ2) is 15.8. The number of rotatable bonds is 14. The number of carbonyl (C=O) groups is 2. The summed E-state index contributed by atoms with van der Waals surface area (Å²) in [4.78, 5) is 29.1. The maximum absolute atomic E-state index is 14.3. The first-order valence-corrected chi connectivity index (χ1v) is 16.9. The Morgan fingerprint density at radius 3 is 2.09 bits per heavy atom. The Labute approximate surface area is 281 Å². The lowest BCUT2D eigenvalue weighted by Gasteiger charge is -2.35. The van der Waals surface area contributed by atoms with Gasteiger partial charge in [-0.05, 0) is 88.2 Å². The summed E-state index contributed by atoms with van der Waals surface area (Å²) in [5, 5.41) is 3.56. The second-order valence-electron chi connectivity index (χ2n) is 11.4. The lowest BCUT2D eigenvalue weighted by atomic mass is 10.1. The number of sulfonamides is 1. The molecule has 0 aliphatic carbocycles. The molecule has 250 valence electrons. The number of carbonyl (C=O) groups excluding carboxylic acids is 2. The Balaban J connectivity index is 2.14. The fourth-order valence-electron chi connectivity index (χ4n) is 4.72. The van der Waals surface area contributed by atoms with Crippen molar-refractivity contribution in [2.75, 3.05) is 31.7 Å². The van der Waals surface area contributed by atoms with Gasteiger partial charge in [0.05, 0.1) is 41.5 Å². The lowest BCUT2D eigenvalue weighted by molar-refractivity contribution is -0.141. The van der Waals surface area contributed by atoms with E-state index >= 15 is 0 Å². The number of hydrogen-bond acceptors (Lipinski definition) is 7. The highest BCUT2D eigenvalue weighted by atomic mass is 35.5. The number of hydrogen-bond donors (Lipinski definition) is 1. The average molecular weight is 695 g/mol. The fourth-order valence-corrected chi connectivity index (χ4v) is 6.47. The molecule has 3 aromatic carbocycles. The Morgan fingerprint density at radius 2 is 1.54 bits per heavy atom. The predicted octanol–water partition coefficient (Wildman–Crippen LogP) is 6.33. The van der Waals surface area contributed by atoms with E-state index in [1.54, 1.807) is 49.4 Å². The van der Waals surface area contributed by atoms with Gasteiger partial charge in [0.1, 0.15) is 18.3 Å². The van der Waals surface area contributed by atoms with Crippen molar-refractivity contribution < 1.29 is 32.2 Å². The lowest BCUT2D eigenvalue weighted by Crippen LogP contribution is -2.55. The first-order chi connectivity index (χ1) is 21.6. The largest absolute Gasteiger partial charge is 0.494 e. The molecular formula is C33H41Cl2N3O7S. The first kappa shape index (κ1) is 36.8. The molecule has 46 heavy (non-hydrogen) atoms. The minimum atomic E-state index is -4.36. The third-order valence-corrected chi connectivity index (χ3v) is 9.39. The van der Waals surface area contributed by atoms with Gasteiger partial charge in [-0.1, -0.05) is 36.2 Å². The van der Waals surface area contributed by atoms with Crippen LogP contribution in [0.1, 0.15) is 46.6 Å². The summed E-state index contributed by atoms with van der Waals surface area (Å²) in [6, 6.07) is 14.5. The quantitative estimate of drug-likeness (QED) is 0.210. The number of ether oxygens (including phenoxy) is 3. The van der Waals surface area contributed by atoms with Crippen LogP contribution in [0.4, 0.5) is 5.69 Å². The Hall–Kier alpha value is -3.67. The third-order valence-electron chi connectivity index (χ3n) is 6.88. The number of amides is 2. The van der Waals surface area contributed by atoms with Crippen LogP contribution >= 0.6 is 23.2 Å². The third kappa shape index (κ3) is 9.20. The van der Waals surface area contributed by atoms with E-state index in [9.17, 15) is 18.0 Å². The van der Waals surface area contributed by atoms with Crippen molar-refractivity contribution in [2.45, 2.75) is 64.1 Å². The molecule has 0 heterocycles. The molecule has 3 aromatic rings. The van der Waals surface area contributed by atoms with Crippen LogP contribution in [0.15, 0.2) is 65.6 Å². The van der Waals surface area contributed by atoms with Crippen molar-refractivity contribution in [1.82, 2.24) is 10.2 Å². The molecule has 0 saturated heterocycles. The van der Waals surface area contributed by atoms with E-state index in [1.807, 2.05) is 27.7 Å². The summed E-state index contributed by atoms with van der Waals surface area (Å²) in [5.74, 6) is 0.0900. The zero-order valence-corrected chi connectivity index (χ0v) is 29.4. The van der Waals surface area contributed by atoms with Gasteiger partial charge in [-0.25, -0.2) is 8.42 Å². The molecule has 0 spiro atoms. The van der Waals surface area contributed by atoms with Crippen LogP contribution in [0.3, 0.4) is 0 Å². The van der Waals surface area contributed by atoms with E-state index in [0.717, 1.165) is 4.31 Å². The number of anilines is 1. The van der Waals surface area contributed by atoms with Crippen molar-refractivity contribution in [3.63, 3.8) is 0 Å². The Kier molecular flexibility index (Phi) is 12.6. The van der Waals surface area contributed by atoms with Crippen molar-refractivity contribution in [2.24, 2.45) is 0 Å². The predicted molar refractivity (Wildman–Crippen MR) is 181 cm³/mol. The fraction of sp³-hybridized carbons (Fsp3) is 0.394. The molecule has 13 heteroatoms. The van der Waals surface area contributed by atoms with Gasteiger partial charge in [0.25, 0.3) is 10.0 Å². The summed E-state index contributed by atoms with van der Waals surface area (Å²) in [6.07, 6.45) is 0.264. The van der Waals surface area contributed by atoms with Gasteiger partial charge >= 0.3 is 0 Å². The zero-order valence-electron chi connectivity index (χ0n) is 27.1. The van der Waals surface area contributed by atoms with E-state index in [4.69, 9.17) is 37.4 Å². The molecule has 0 unspecified atom stereocenters. The number of halogens is 2. The molecular weight excluding hydrogens is 653 g/mol. The molecule has 0 bridgehead atoms. The van der Waals surface area contributed by atoms with Crippen molar-refractivity contribution >= 4 is 50.7 Å². The van der Waals surface area contributed by atoms with E-state index in [0.29, 0.717) is 28.7 Å². The summed E-state index contributed by atoms with van der Waals surface area (Å²) < 4.78 is 45.8. The van der Waals surface area contributed by atoms with Crippen LogP contribution in [0, 0.1) is 0 Å². The minimum absolute atomic E-state index is 0.0285. The van der Waals surface area contributed by atoms with E-state index in [1.165, 1.54) is 37.3 Å². The second-order valence-corrected chi connectivity index (χ2v) is 14.1. The van der Waals surface area contributed by atoms with Gasteiger partial charge in [-0.15, -0.1) is 0 Å². The number of benzene rings is 3. The maximum atomic E-state index is 14.3. The van der Waals surface area contributed by atoms with E-state index in [-0.39, 0.29) is 40.2 Å². The number of methoxy groups -OCH3 is 2. The zero-order chi connectivity index (χ0) is 34.2. The van der Waals surface area contributed by atoms with Crippen LogP contribution in [0.5, 0.6) is 17.2 Å². The minimum Gasteiger partial charge on any atom is -0.494 e. The van der Waals surface area contributed by atoms with Crippen molar-refractivity contribution in [1.29, 1.82) is 0 Å².